The molecule has 0 amide bonds. The highest BCUT2D eigenvalue weighted by atomic mass is 79.9. The van der Waals surface area contributed by atoms with Crippen LogP contribution < -0.4 is 0 Å². The van der Waals surface area contributed by atoms with Crippen molar-refractivity contribution in [3.8, 4) is 0 Å². The van der Waals surface area contributed by atoms with Crippen molar-refractivity contribution in [3.05, 3.63) is 68.6 Å². The first-order chi connectivity index (χ1) is 10.1. The van der Waals surface area contributed by atoms with E-state index in [0.717, 1.165) is 20.1 Å². The first-order valence-electron chi connectivity index (χ1n) is 6.96. The summed E-state index contributed by atoms with van der Waals surface area (Å²) in [7, 11) is 0. The van der Waals surface area contributed by atoms with E-state index >= 15 is 0 Å². The van der Waals surface area contributed by atoms with E-state index in [4.69, 9.17) is 4.74 Å². The van der Waals surface area contributed by atoms with Crippen LogP contribution in [0.4, 0.5) is 0 Å². The van der Waals surface area contributed by atoms with Gasteiger partial charge in [-0.15, -0.1) is 0 Å². The molecular weight excluding hydrogens is 396 g/mol. The predicted molar refractivity (Wildman–Crippen MR) is 90.1 cm³/mol. The van der Waals surface area contributed by atoms with Crippen molar-refractivity contribution >= 4 is 31.9 Å². The molecule has 0 spiro atoms. The average Bonchev–Trinajstić information content (AvgIpc) is 2.48. The van der Waals surface area contributed by atoms with Crippen molar-refractivity contribution < 1.29 is 9.84 Å². The van der Waals surface area contributed by atoms with E-state index < -0.39 is 0 Å². The topological polar surface area (TPSA) is 29.5 Å². The SMILES string of the molecule is OC1CC(c2ccc(Br)cc2)OC(c2ccc(Br)cc2)C1. The van der Waals surface area contributed by atoms with Crippen LogP contribution in [0.25, 0.3) is 0 Å². The van der Waals surface area contributed by atoms with E-state index in [2.05, 4.69) is 31.9 Å². The molecule has 0 aliphatic carbocycles. The number of benzene rings is 2. The number of aliphatic hydroxyl groups is 1. The first-order valence-corrected chi connectivity index (χ1v) is 8.55. The monoisotopic (exact) mass is 410 g/mol. The van der Waals surface area contributed by atoms with E-state index in [-0.39, 0.29) is 18.3 Å². The van der Waals surface area contributed by atoms with Crippen molar-refractivity contribution in [3.63, 3.8) is 0 Å². The molecule has 1 heterocycles. The molecule has 2 nitrogen and oxygen atoms in total. The second-order valence-corrected chi connectivity index (χ2v) is 7.17. The van der Waals surface area contributed by atoms with Gasteiger partial charge in [-0.25, -0.2) is 0 Å². The van der Waals surface area contributed by atoms with E-state index in [1.807, 2.05) is 48.5 Å². The van der Waals surface area contributed by atoms with Gasteiger partial charge in [0.2, 0.25) is 0 Å². The zero-order valence-corrected chi connectivity index (χ0v) is 14.5. The van der Waals surface area contributed by atoms with Crippen LogP contribution in [0.3, 0.4) is 0 Å². The Morgan fingerprint density at radius 2 is 1.14 bits per heavy atom. The largest absolute Gasteiger partial charge is 0.393 e. The van der Waals surface area contributed by atoms with Crippen LogP contribution in [0.2, 0.25) is 0 Å². The van der Waals surface area contributed by atoms with E-state index in [0.29, 0.717) is 12.8 Å². The lowest BCUT2D eigenvalue weighted by Crippen LogP contribution is -2.26. The molecule has 1 saturated heterocycles. The lowest BCUT2D eigenvalue weighted by atomic mass is 9.93. The van der Waals surface area contributed by atoms with Gasteiger partial charge in [-0.05, 0) is 35.4 Å². The van der Waals surface area contributed by atoms with Gasteiger partial charge in [-0.2, -0.15) is 0 Å². The molecule has 110 valence electrons. The molecule has 0 bridgehead atoms. The second-order valence-electron chi connectivity index (χ2n) is 5.34. The fourth-order valence-electron chi connectivity index (χ4n) is 2.68. The number of hydrogen-bond acceptors (Lipinski definition) is 2. The van der Waals surface area contributed by atoms with E-state index in [9.17, 15) is 5.11 Å². The van der Waals surface area contributed by atoms with Gasteiger partial charge in [0.05, 0.1) is 18.3 Å². The minimum absolute atomic E-state index is 0.0597. The van der Waals surface area contributed by atoms with Crippen molar-refractivity contribution in [1.82, 2.24) is 0 Å². The molecule has 0 radical (unpaired) electrons. The Bertz CT molecular complexity index is 542. The Balaban J connectivity index is 1.81. The predicted octanol–water partition coefficient (Wildman–Crippen LogP) is 5.17. The Labute approximate surface area is 141 Å². The van der Waals surface area contributed by atoms with Gasteiger partial charge in [-0.3, -0.25) is 0 Å². The summed E-state index contributed by atoms with van der Waals surface area (Å²) in [6.45, 7) is 0. The molecule has 3 rings (SSSR count). The van der Waals surface area contributed by atoms with Gasteiger partial charge in [-0.1, -0.05) is 56.1 Å². The lowest BCUT2D eigenvalue weighted by Gasteiger charge is -2.33. The zero-order chi connectivity index (χ0) is 14.8. The number of hydrogen-bond donors (Lipinski definition) is 1. The molecule has 2 unspecified atom stereocenters. The summed E-state index contributed by atoms with van der Waals surface area (Å²) in [6.07, 6.45) is 0.843. The van der Waals surface area contributed by atoms with Gasteiger partial charge >= 0.3 is 0 Å². The number of halogens is 2. The van der Waals surface area contributed by atoms with Crippen LogP contribution in [-0.4, -0.2) is 11.2 Å². The van der Waals surface area contributed by atoms with Crippen LogP contribution in [0, 0.1) is 0 Å². The van der Waals surface area contributed by atoms with Crippen LogP contribution in [-0.2, 0) is 4.74 Å². The van der Waals surface area contributed by atoms with Crippen LogP contribution >= 0.6 is 31.9 Å². The summed E-state index contributed by atoms with van der Waals surface area (Å²) in [4.78, 5) is 0. The molecule has 1 aliphatic heterocycles. The molecule has 0 saturated carbocycles. The minimum atomic E-state index is -0.332. The molecule has 1 fully saturated rings. The van der Waals surface area contributed by atoms with Gasteiger partial charge in [0.15, 0.2) is 0 Å². The van der Waals surface area contributed by atoms with Crippen molar-refractivity contribution in [1.29, 1.82) is 0 Å². The Morgan fingerprint density at radius 3 is 1.52 bits per heavy atom. The van der Waals surface area contributed by atoms with Gasteiger partial charge in [0, 0.05) is 21.8 Å². The summed E-state index contributed by atoms with van der Waals surface area (Å²) < 4.78 is 8.31. The summed E-state index contributed by atoms with van der Waals surface area (Å²) in [5, 5.41) is 10.2. The molecule has 1 aliphatic rings. The molecular formula is C17H16Br2O2. The van der Waals surface area contributed by atoms with E-state index in [1.165, 1.54) is 0 Å². The second kappa shape index (κ2) is 6.61. The van der Waals surface area contributed by atoms with Gasteiger partial charge < -0.3 is 9.84 Å². The highest BCUT2D eigenvalue weighted by Crippen LogP contribution is 2.39. The van der Waals surface area contributed by atoms with Crippen LogP contribution in [0.15, 0.2) is 57.5 Å². The van der Waals surface area contributed by atoms with Gasteiger partial charge in [0.1, 0.15) is 0 Å². The minimum Gasteiger partial charge on any atom is -0.393 e. The summed E-state index contributed by atoms with van der Waals surface area (Å²) in [5.74, 6) is 0. The van der Waals surface area contributed by atoms with Crippen molar-refractivity contribution in [2.24, 2.45) is 0 Å². The first kappa shape index (κ1) is 15.2. The maximum Gasteiger partial charge on any atom is 0.0858 e. The molecule has 2 aromatic carbocycles. The molecule has 2 atom stereocenters. The number of rotatable bonds is 2. The number of aliphatic hydroxyl groups excluding tert-OH is 1. The van der Waals surface area contributed by atoms with Crippen molar-refractivity contribution in [2.45, 2.75) is 31.2 Å². The quantitative estimate of drug-likeness (QED) is 0.738. The standard InChI is InChI=1S/C17H16Br2O2/c18-13-5-1-11(2-6-13)16-9-15(20)10-17(21-16)12-3-7-14(19)8-4-12/h1-8,15-17,20H,9-10H2. The molecule has 2 aromatic rings. The van der Waals surface area contributed by atoms with E-state index in [1.54, 1.807) is 0 Å². The number of ether oxygens (including phenoxy) is 1. The molecule has 0 aromatic heterocycles. The highest BCUT2D eigenvalue weighted by molar-refractivity contribution is 9.10. The smallest absolute Gasteiger partial charge is 0.0858 e. The Morgan fingerprint density at radius 1 is 0.762 bits per heavy atom. The summed E-state index contributed by atoms with van der Waals surface area (Å²) in [6, 6.07) is 16.2. The maximum absolute atomic E-state index is 10.2. The third-order valence-corrected chi connectivity index (χ3v) is 4.84. The molecule has 21 heavy (non-hydrogen) atoms. The Kier molecular flexibility index (Phi) is 4.79. The third-order valence-electron chi connectivity index (χ3n) is 3.78. The van der Waals surface area contributed by atoms with Gasteiger partial charge in [0.25, 0.3) is 0 Å². The lowest BCUT2D eigenvalue weighted by molar-refractivity contribution is -0.0998. The summed E-state index contributed by atoms with van der Waals surface area (Å²) >= 11 is 6.88. The molecule has 1 N–H and O–H groups in total. The normalized spacial score (nSPS) is 25.8. The maximum atomic E-state index is 10.2. The third kappa shape index (κ3) is 3.75. The Hall–Kier alpha value is -0.680. The van der Waals surface area contributed by atoms with Crippen molar-refractivity contribution in [2.75, 3.05) is 0 Å². The molecule has 4 heteroatoms. The fraction of sp³-hybridized carbons (Fsp3) is 0.294. The van der Waals surface area contributed by atoms with Crippen LogP contribution in [0.5, 0.6) is 0 Å². The van der Waals surface area contributed by atoms with Crippen LogP contribution in [0.1, 0.15) is 36.2 Å². The highest BCUT2D eigenvalue weighted by Gasteiger charge is 2.30. The zero-order valence-electron chi connectivity index (χ0n) is 11.4. The average molecular weight is 412 g/mol. The summed E-state index contributed by atoms with van der Waals surface area (Å²) in [5.41, 5.74) is 2.22. The fourth-order valence-corrected chi connectivity index (χ4v) is 3.21.